The van der Waals surface area contributed by atoms with Crippen LogP contribution in [0.3, 0.4) is 0 Å². The minimum atomic E-state index is -4.32. The fourth-order valence-corrected chi connectivity index (χ4v) is 3.21. The Kier molecular flexibility index (Phi) is 3.96. The molecule has 0 spiro atoms. The highest BCUT2D eigenvalue weighted by atomic mass is 32.2. The Morgan fingerprint density at radius 3 is 2.42 bits per heavy atom. The number of carbonyl (C=O) groups is 1. The Morgan fingerprint density at radius 1 is 0.958 bits per heavy atom. The summed E-state index contributed by atoms with van der Waals surface area (Å²) in [5, 5.41) is 13.2. The van der Waals surface area contributed by atoms with Gasteiger partial charge in [-0.3, -0.25) is 4.55 Å². The number of anilines is 2. The zero-order valence-electron chi connectivity index (χ0n) is 12.3. The molecular formula is C17H13NO5S. The molecular weight excluding hydrogens is 330 g/mol. The van der Waals surface area contributed by atoms with Gasteiger partial charge < -0.3 is 10.4 Å². The van der Waals surface area contributed by atoms with Gasteiger partial charge in [0.1, 0.15) is 4.90 Å². The molecule has 0 atom stereocenters. The molecule has 7 heteroatoms. The van der Waals surface area contributed by atoms with Crippen molar-refractivity contribution in [2.75, 3.05) is 5.32 Å². The van der Waals surface area contributed by atoms with Crippen LogP contribution in [0, 0.1) is 0 Å². The van der Waals surface area contributed by atoms with E-state index >= 15 is 0 Å². The van der Waals surface area contributed by atoms with E-state index < -0.39 is 16.1 Å². The highest BCUT2D eigenvalue weighted by Crippen LogP contribution is 2.28. The van der Waals surface area contributed by atoms with Crippen molar-refractivity contribution in [3.8, 4) is 0 Å². The summed E-state index contributed by atoms with van der Waals surface area (Å²) < 4.78 is 32.1. The normalized spacial score (nSPS) is 11.4. The van der Waals surface area contributed by atoms with Gasteiger partial charge in [0, 0.05) is 11.1 Å². The molecule has 3 N–H and O–H groups in total. The average Bonchev–Trinajstić information content (AvgIpc) is 2.53. The van der Waals surface area contributed by atoms with Crippen molar-refractivity contribution in [3.63, 3.8) is 0 Å². The maximum absolute atomic E-state index is 11.4. The van der Waals surface area contributed by atoms with Gasteiger partial charge in [0.25, 0.3) is 10.1 Å². The van der Waals surface area contributed by atoms with Crippen LogP contribution in [-0.2, 0) is 10.1 Å². The molecule has 3 aromatic carbocycles. The molecule has 122 valence electrons. The van der Waals surface area contributed by atoms with Gasteiger partial charge in [0.15, 0.2) is 0 Å². The summed E-state index contributed by atoms with van der Waals surface area (Å²) in [6, 6.07) is 15.9. The molecule has 3 aromatic rings. The van der Waals surface area contributed by atoms with E-state index in [4.69, 9.17) is 0 Å². The summed E-state index contributed by atoms with van der Waals surface area (Å²) in [5.74, 6) is -1.05. The van der Waals surface area contributed by atoms with Gasteiger partial charge in [-0.1, -0.05) is 30.3 Å². The van der Waals surface area contributed by atoms with E-state index in [1.54, 1.807) is 42.5 Å². The Hall–Kier alpha value is -2.90. The maximum Gasteiger partial charge on any atom is 0.337 e. The molecule has 0 aliphatic rings. The van der Waals surface area contributed by atoms with E-state index in [9.17, 15) is 22.9 Å². The highest BCUT2D eigenvalue weighted by molar-refractivity contribution is 7.86. The van der Waals surface area contributed by atoms with Crippen molar-refractivity contribution in [2.45, 2.75) is 4.90 Å². The largest absolute Gasteiger partial charge is 0.478 e. The lowest BCUT2D eigenvalue weighted by atomic mass is 10.1. The van der Waals surface area contributed by atoms with Crippen LogP contribution in [0.2, 0.25) is 0 Å². The van der Waals surface area contributed by atoms with E-state index in [0.29, 0.717) is 22.1 Å². The molecule has 0 saturated carbocycles. The van der Waals surface area contributed by atoms with Crippen LogP contribution < -0.4 is 5.32 Å². The van der Waals surface area contributed by atoms with Gasteiger partial charge in [0.2, 0.25) is 0 Å². The number of nitrogens with one attached hydrogen (secondary N) is 1. The molecule has 0 unspecified atom stereocenters. The fourth-order valence-electron chi connectivity index (χ4n) is 2.49. The smallest absolute Gasteiger partial charge is 0.337 e. The van der Waals surface area contributed by atoms with Gasteiger partial charge in [0.05, 0.1) is 11.3 Å². The summed E-state index contributed by atoms with van der Waals surface area (Å²) in [6.45, 7) is 0. The fraction of sp³-hybridized carbons (Fsp3) is 0. The molecule has 0 aliphatic carbocycles. The first-order chi connectivity index (χ1) is 11.4. The molecule has 24 heavy (non-hydrogen) atoms. The van der Waals surface area contributed by atoms with Crippen molar-refractivity contribution in [3.05, 3.63) is 66.2 Å². The van der Waals surface area contributed by atoms with Gasteiger partial charge in [-0.15, -0.1) is 0 Å². The van der Waals surface area contributed by atoms with Crippen molar-refractivity contribution in [1.82, 2.24) is 0 Å². The summed E-state index contributed by atoms with van der Waals surface area (Å²) in [7, 11) is -4.32. The molecule has 0 radical (unpaired) electrons. The molecule has 0 fully saturated rings. The van der Waals surface area contributed by atoms with Crippen LogP contribution in [0.25, 0.3) is 10.8 Å². The summed E-state index contributed by atoms with van der Waals surface area (Å²) in [6.07, 6.45) is 0. The number of aromatic carboxylic acids is 1. The van der Waals surface area contributed by atoms with Gasteiger partial charge >= 0.3 is 5.97 Å². The predicted molar refractivity (Wildman–Crippen MR) is 90.4 cm³/mol. The number of hydrogen-bond acceptors (Lipinski definition) is 4. The van der Waals surface area contributed by atoms with E-state index in [-0.39, 0.29) is 10.5 Å². The first-order valence-electron chi connectivity index (χ1n) is 6.96. The second-order valence-electron chi connectivity index (χ2n) is 5.14. The summed E-state index contributed by atoms with van der Waals surface area (Å²) in [5.41, 5.74) is 1.16. The number of benzene rings is 3. The second kappa shape index (κ2) is 5.95. The lowest BCUT2D eigenvalue weighted by molar-refractivity contribution is 0.0698. The van der Waals surface area contributed by atoms with Gasteiger partial charge in [-0.05, 0) is 35.7 Å². The Balaban J connectivity index is 2.06. The number of carboxylic acids is 1. The Bertz CT molecular complexity index is 1040. The van der Waals surface area contributed by atoms with E-state index in [0.717, 1.165) is 0 Å². The maximum atomic E-state index is 11.4. The third-order valence-electron chi connectivity index (χ3n) is 3.55. The molecule has 0 aliphatic heterocycles. The van der Waals surface area contributed by atoms with Crippen molar-refractivity contribution in [1.29, 1.82) is 0 Å². The lowest BCUT2D eigenvalue weighted by Crippen LogP contribution is -2.02. The minimum Gasteiger partial charge on any atom is -0.478 e. The van der Waals surface area contributed by atoms with E-state index in [2.05, 4.69) is 5.32 Å². The first kappa shape index (κ1) is 16.0. The number of rotatable bonds is 4. The number of fused-ring (bicyclic) bond motifs is 1. The third kappa shape index (κ3) is 3.08. The molecule has 6 nitrogen and oxygen atoms in total. The molecule has 0 saturated heterocycles. The first-order valence-corrected chi connectivity index (χ1v) is 8.40. The standard InChI is InChI=1S/C17H13NO5S/c19-17(20)14-5-1-2-6-15(14)18-12-8-9-13-11(10-12)4-3-7-16(13)24(21,22)23/h1-10,18H,(H,19,20)(H,21,22,23). The van der Waals surface area contributed by atoms with Crippen LogP contribution in [0.1, 0.15) is 10.4 Å². The zero-order chi connectivity index (χ0) is 17.3. The highest BCUT2D eigenvalue weighted by Gasteiger charge is 2.14. The quantitative estimate of drug-likeness (QED) is 0.626. The van der Waals surface area contributed by atoms with Crippen LogP contribution in [0.4, 0.5) is 11.4 Å². The number of hydrogen-bond donors (Lipinski definition) is 3. The molecule has 3 rings (SSSR count). The SMILES string of the molecule is O=C(O)c1ccccc1Nc1ccc2c(S(=O)(=O)O)cccc2c1. The second-order valence-corrected chi connectivity index (χ2v) is 6.53. The molecule has 0 aromatic heterocycles. The third-order valence-corrected chi connectivity index (χ3v) is 4.47. The average molecular weight is 343 g/mol. The van der Waals surface area contributed by atoms with Gasteiger partial charge in [-0.25, -0.2) is 4.79 Å². The van der Waals surface area contributed by atoms with E-state index in [1.807, 2.05) is 0 Å². The van der Waals surface area contributed by atoms with Crippen molar-refractivity contribution >= 4 is 38.2 Å². The van der Waals surface area contributed by atoms with E-state index in [1.165, 1.54) is 18.2 Å². The number of carboxylic acid groups (broad SMARTS) is 1. The van der Waals surface area contributed by atoms with Crippen molar-refractivity contribution in [2.24, 2.45) is 0 Å². The summed E-state index contributed by atoms with van der Waals surface area (Å²) in [4.78, 5) is 11.1. The number of para-hydroxylation sites is 1. The van der Waals surface area contributed by atoms with Crippen LogP contribution >= 0.6 is 0 Å². The predicted octanol–water partition coefficient (Wildman–Crippen LogP) is 3.53. The monoisotopic (exact) mass is 343 g/mol. The topological polar surface area (TPSA) is 104 Å². The summed E-state index contributed by atoms with van der Waals surface area (Å²) >= 11 is 0. The van der Waals surface area contributed by atoms with Crippen LogP contribution in [0.15, 0.2) is 65.6 Å². The van der Waals surface area contributed by atoms with Crippen molar-refractivity contribution < 1.29 is 22.9 Å². The molecule has 0 heterocycles. The molecule has 0 amide bonds. The molecule has 0 bridgehead atoms. The minimum absolute atomic E-state index is 0.129. The van der Waals surface area contributed by atoms with Crippen LogP contribution in [-0.4, -0.2) is 24.0 Å². The van der Waals surface area contributed by atoms with Crippen LogP contribution in [0.5, 0.6) is 0 Å². The lowest BCUT2D eigenvalue weighted by Gasteiger charge is -2.11. The van der Waals surface area contributed by atoms with Gasteiger partial charge in [-0.2, -0.15) is 8.42 Å². The zero-order valence-corrected chi connectivity index (χ0v) is 13.1. The Labute approximate surface area is 138 Å². The Morgan fingerprint density at radius 2 is 1.71 bits per heavy atom.